The molecular weight excluding hydrogens is 220 g/mol. The maximum atomic E-state index is 4.31. The molecule has 2 heteroatoms. The lowest BCUT2D eigenvalue weighted by atomic mass is 10.00. The van der Waals surface area contributed by atoms with Crippen LogP contribution in [0.5, 0.6) is 0 Å². The van der Waals surface area contributed by atoms with E-state index in [9.17, 15) is 0 Å². The van der Waals surface area contributed by atoms with Crippen LogP contribution >= 0.6 is 0 Å². The van der Waals surface area contributed by atoms with E-state index in [0.717, 1.165) is 10.9 Å². The van der Waals surface area contributed by atoms with Gasteiger partial charge in [-0.05, 0) is 22.2 Å². The van der Waals surface area contributed by atoms with Crippen molar-refractivity contribution in [3.63, 3.8) is 0 Å². The summed E-state index contributed by atoms with van der Waals surface area (Å²) in [6.07, 6.45) is 1.74. The lowest BCUT2D eigenvalue weighted by Crippen LogP contribution is -1.85. The first-order valence-corrected chi connectivity index (χ1v) is 5.95. The fourth-order valence-corrected chi connectivity index (χ4v) is 2.54. The van der Waals surface area contributed by atoms with Crippen molar-refractivity contribution in [1.29, 1.82) is 0 Å². The standard InChI is InChI=1S/C16H10N2/c1-2-4-14-11(3-1)5-6-12-7-8-13-9-10-17-18-16(13)15(12)14/h1-10H. The Kier molecular flexibility index (Phi) is 1.86. The monoisotopic (exact) mass is 230 g/mol. The maximum absolute atomic E-state index is 4.31. The second-order valence-corrected chi connectivity index (χ2v) is 4.42. The van der Waals surface area contributed by atoms with Crippen molar-refractivity contribution in [3.8, 4) is 0 Å². The molecule has 0 saturated carbocycles. The Hall–Kier alpha value is -2.48. The molecule has 3 aromatic carbocycles. The number of hydrogen-bond donors (Lipinski definition) is 0. The van der Waals surface area contributed by atoms with E-state index in [1.807, 2.05) is 6.07 Å². The lowest BCUT2D eigenvalue weighted by Gasteiger charge is -2.06. The Morgan fingerprint density at radius 3 is 2.39 bits per heavy atom. The number of benzene rings is 3. The van der Waals surface area contributed by atoms with Crippen LogP contribution in [0.1, 0.15) is 0 Å². The van der Waals surface area contributed by atoms with Gasteiger partial charge in [0.1, 0.15) is 5.52 Å². The SMILES string of the molecule is c1ccc2c(c1)ccc1ccc3ccnnc3c12. The molecule has 0 aliphatic carbocycles. The van der Waals surface area contributed by atoms with Crippen molar-refractivity contribution in [3.05, 3.63) is 60.8 Å². The summed E-state index contributed by atoms with van der Waals surface area (Å²) in [6.45, 7) is 0. The van der Waals surface area contributed by atoms with Gasteiger partial charge in [-0.2, -0.15) is 5.10 Å². The van der Waals surface area contributed by atoms with Crippen LogP contribution in [0.15, 0.2) is 60.8 Å². The van der Waals surface area contributed by atoms with Gasteiger partial charge in [-0.15, -0.1) is 5.10 Å². The second kappa shape index (κ2) is 3.50. The van der Waals surface area contributed by atoms with Crippen LogP contribution < -0.4 is 0 Å². The van der Waals surface area contributed by atoms with Crippen molar-refractivity contribution in [2.75, 3.05) is 0 Å². The summed E-state index contributed by atoms with van der Waals surface area (Å²) in [7, 11) is 0. The summed E-state index contributed by atoms with van der Waals surface area (Å²) >= 11 is 0. The molecule has 4 rings (SSSR count). The first kappa shape index (κ1) is 9.54. The molecular formula is C16H10N2. The topological polar surface area (TPSA) is 25.8 Å². The van der Waals surface area contributed by atoms with Crippen molar-refractivity contribution < 1.29 is 0 Å². The predicted octanol–water partition coefficient (Wildman–Crippen LogP) is 3.94. The van der Waals surface area contributed by atoms with Crippen LogP contribution in [0.3, 0.4) is 0 Å². The van der Waals surface area contributed by atoms with Gasteiger partial charge in [-0.25, -0.2) is 0 Å². The molecule has 18 heavy (non-hydrogen) atoms. The average molecular weight is 230 g/mol. The van der Waals surface area contributed by atoms with E-state index in [0.29, 0.717) is 0 Å². The van der Waals surface area contributed by atoms with Crippen LogP contribution in [-0.4, -0.2) is 10.2 Å². The summed E-state index contributed by atoms with van der Waals surface area (Å²) < 4.78 is 0. The van der Waals surface area contributed by atoms with Crippen molar-refractivity contribution in [2.45, 2.75) is 0 Å². The summed E-state index contributed by atoms with van der Waals surface area (Å²) in [6, 6.07) is 18.9. The predicted molar refractivity (Wildman–Crippen MR) is 74.6 cm³/mol. The number of rotatable bonds is 0. The van der Waals surface area contributed by atoms with Crippen molar-refractivity contribution in [2.24, 2.45) is 0 Å². The summed E-state index contributed by atoms with van der Waals surface area (Å²) in [5.41, 5.74) is 0.979. The minimum absolute atomic E-state index is 0.979. The molecule has 0 saturated heterocycles. The molecule has 84 valence electrons. The summed E-state index contributed by atoms with van der Waals surface area (Å²) in [5.74, 6) is 0. The molecule has 0 bridgehead atoms. The van der Waals surface area contributed by atoms with Gasteiger partial charge < -0.3 is 0 Å². The van der Waals surface area contributed by atoms with Crippen LogP contribution in [-0.2, 0) is 0 Å². The smallest absolute Gasteiger partial charge is 0.101 e. The second-order valence-electron chi connectivity index (χ2n) is 4.42. The minimum Gasteiger partial charge on any atom is -0.158 e. The van der Waals surface area contributed by atoms with Gasteiger partial charge in [0.25, 0.3) is 0 Å². The van der Waals surface area contributed by atoms with E-state index in [4.69, 9.17) is 0 Å². The molecule has 0 spiro atoms. The van der Waals surface area contributed by atoms with Crippen molar-refractivity contribution >= 4 is 32.4 Å². The van der Waals surface area contributed by atoms with E-state index in [-0.39, 0.29) is 0 Å². The highest BCUT2D eigenvalue weighted by molar-refractivity contribution is 6.18. The van der Waals surface area contributed by atoms with Crippen LogP contribution in [0.4, 0.5) is 0 Å². The minimum atomic E-state index is 0.979. The zero-order valence-electron chi connectivity index (χ0n) is 9.67. The molecule has 4 aromatic rings. The van der Waals surface area contributed by atoms with Crippen LogP contribution in [0, 0.1) is 0 Å². The molecule has 0 atom stereocenters. The van der Waals surface area contributed by atoms with E-state index in [1.54, 1.807) is 6.20 Å². The van der Waals surface area contributed by atoms with E-state index < -0.39 is 0 Å². The molecule has 2 nitrogen and oxygen atoms in total. The highest BCUT2D eigenvalue weighted by Gasteiger charge is 2.05. The van der Waals surface area contributed by atoms with Gasteiger partial charge in [0, 0.05) is 10.8 Å². The average Bonchev–Trinajstić information content (AvgIpc) is 2.46. The van der Waals surface area contributed by atoms with Gasteiger partial charge in [0.15, 0.2) is 0 Å². The van der Waals surface area contributed by atoms with Gasteiger partial charge in [-0.1, -0.05) is 48.5 Å². The quantitative estimate of drug-likeness (QED) is 0.428. The van der Waals surface area contributed by atoms with Crippen LogP contribution in [0.25, 0.3) is 32.4 Å². The molecule has 0 radical (unpaired) electrons. The molecule has 0 aliphatic heterocycles. The molecule has 0 amide bonds. The summed E-state index contributed by atoms with van der Waals surface area (Å²) in [5, 5.41) is 14.3. The first-order valence-electron chi connectivity index (χ1n) is 5.95. The third kappa shape index (κ3) is 1.23. The number of hydrogen-bond acceptors (Lipinski definition) is 2. The van der Waals surface area contributed by atoms with Gasteiger partial charge in [-0.3, -0.25) is 0 Å². The van der Waals surface area contributed by atoms with Gasteiger partial charge in [0.2, 0.25) is 0 Å². The Morgan fingerprint density at radius 1 is 0.667 bits per heavy atom. The first-order chi connectivity index (χ1) is 8.93. The van der Waals surface area contributed by atoms with Crippen molar-refractivity contribution in [1.82, 2.24) is 10.2 Å². The molecule has 0 fully saturated rings. The Bertz CT molecular complexity index is 811. The molecule has 0 unspecified atom stereocenters. The van der Waals surface area contributed by atoms with Crippen LogP contribution in [0.2, 0.25) is 0 Å². The number of fused-ring (bicyclic) bond motifs is 5. The van der Waals surface area contributed by atoms with Gasteiger partial charge in [0.05, 0.1) is 6.20 Å². The zero-order chi connectivity index (χ0) is 11.9. The summed E-state index contributed by atoms with van der Waals surface area (Å²) in [4.78, 5) is 0. The molecule has 1 heterocycles. The molecule has 0 aliphatic rings. The van der Waals surface area contributed by atoms with E-state index in [1.165, 1.54) is 21.5 Å². The fourth-order valence-electron chi connectivity index (χ4n) is 2.54. The Balaban J connectivity index is 2.38. The van der Waals surface area contributed by atoms with E-state index >= 15 is 0 Å². The largest absolute Gasteiger partial charge is 0.158 e. The Morgan fingerprint density at radius 2 is 1.44 bits per heavy atom. The number of nitrogens with zero attached hydrogens (tertiary/aromatic N) is 2. The highest BCUT2D eigenvalue weighted by atomic mass is 15.1. The fraction of sp³-hybridized carbons (Fsp3) is 0. The molecule has 1 aromatic heterocycles. The third-order valence-corrected chi connectivity index (χ3v) is 3.39. The van der Waals surface area contributed by atoms with E-state index in [2.05, 4.69) is 58.7 Å². The highest BCUT2D eigenvalue weighted by Crippen LogP contribution is 2.30. The van der Waals surface area contributed by atoms with Gasteiger partial charge >= 0.3 is 0 Å². The maximum Gasteiger partial charge on any atom is 0.101 e. The third-order valence-electron chi connectivity index (χ3n) is 3.39. The normalized spacial score (nSPS) is 11.3. The number of aromatic nitrogens is 2. The lowest BCUT2D eigenvalue weighted by molar-refractivity contribution is 1.08. The molecule has 0 N–H and O–H groups in total. The Labute approximate surface area is 104 Å². The zero-order valence-corrected chi connectivity index (χ0v) is 9.67.